The maximum absolute atomic E-state index is 6.23. The summed E-state index contributed by atoms with van der Waals surface area (Å²) in [5, 5.41) is 3.45. The molecule has 120 valence electrons. The lowest BCUT2D eigenvalue weighted by molar-refractivity contribution is -0.0267. The third kappa shape index (κ3) is 2.61. The molecule has 0 spiro atoms. The number of hydrazine groups is 2. The molecular formula is C17H20N4O2. The van der Waals surface area contributed by atoms with E-state index in [2.05, 4.69) is 0 Å². The number of nitrogens with two attached hydrogens (primary N) is 2. The molecule has 0 aliphatic carbocycles. The Morgan fingerprint density at radius 3 is 2.35 bits per heavy atom. The van der Waals surface area contributed by atoms with Crippen molar-refractivity contribution in [2.75, 3.05) is 23.1 Å². The third-order valence-corrected chi connectivity index (χ3v) is 4.37. The Labute approximate surface area is 135 Å². The van der Waals surface area contributed by atoms with Gasteiger partial charge in [0.1, 0.15) is 18.0 Å². The van der Waals surface area contributed by atoms with Crippen LogP contribution in [0.2, 0.25) is 0 Å². The van der Waals surface area contributed by atoms with E-state index in [1.54, 1.807) is 10.0 Å². The van der Waals surface area contributed by atoms with Gasteiger partial charge in [0.15, 0.2) is 0 Å². The van der Waals surface area contributed by atoms with Crippen LogP contribution >= 0.6 is 0 Å². The van der Waals surface area contributed by atoms with Crippen molar-refractivity contribution in [2.45, 2.75) is 18.8 Å². The highest BCUT2D eigenvalue weighted by Crippen LogP contribution is 2.33. The fourth-order valence-electron chi connectivity index (χ4n) is 3.16. The Balaban J connectivity index is 1.56. The molecule has 0 amide bonds. The molecule has 6 heteroatoms. The van der Waals surface area contributed by atoms with Crippen molar-refractivity contribution >= 4 is 11.4 Å². The summed E-state index contributed by atoms with van der Waals surface area (Å²) in [6, 6.07) is 15.8. The predicted molar refractivity (Wildman–Crippen MR) is 88.9 cm³/mol. The summed E-state index contributed by atoms with van der Waals surface area (Å²) in [6.45, 7) is 1.63. The van der Waals surface area contributed by atoms with Gasteiger partial charge in [0.05, 0.1) is 31.1 Å². The molecule has 4 rings (SSSR count). The van der Waals surface area contributed by atoms with E-state index in [1.165, 1.54) is 0 Å². The van der Waals surface area contributed by atoms with Crippen LogP contribution in [0.5, 0.6) is 5.75 Å². The molecule has 2 aromatic rings. The van der Waals surface area contributed by atoms with Crippen LogP contribution in [0.4, 0.5) is 11.4 Å². The van der Waals surface area contributed by atoms with Gasteiger partial charge >= 0.3 is 0 Å². The number of fused-ring (bicyclic) bond motifs is 2. The average molecular weight is 312 g/mol. The standard InChI is InChI=1S/C17H20N4O2/c18-20-9-16(22-11-12-5-1-2-6-13(12)20)17-10-21(19)14-7-3-4-8-15(14)23-17/h1-8,16-17H,9-11,18-19H2. The molecule has 4 N–H and O–H groups in total. The van der Waals surface area contributed by atoms with E-state index in [0.29, 0.717) is 19.7 Å². The van der Waals surface area contributed by atoms with E-state index in [9.17, 15) is 0 Å². The maximum atomic E-state index is 6.23. The smallest absolute Gasteiger partial charge is 0.146 e. The lowest BCUT2D eigenvalue weighted by atomic mass is 10.1. The lowest BCUT2D eigenvalue weighted by Crippen LogP contribution is -2.53. The normalized spacial score (nSPS) is 23.6. The van der Waals surface area contributed by atoms with Gasteiger partial charge in [0.25, 0.3) is 0 Å². The molecule has 6 nitrogen and oxygen atoms in total. The zero-order valence-corrected chi connectivity index (χ0v) is 12.8. The Kier molecular flexibility index (Phi) is 3.57. The van der Waals surface area contributed by atoms with Gasteiger partial charge in [0, 0.05) is 5.56 Å². The van der Waals surface area contributed by atoms with Gasteiger partial charge in [-0.1, -0.05) is 30.3 Å². The van der Waals surface area contributed by atoms with Gasteiger partial charge in [-0.2, -0.15) is 0 Å². The SMILES string of the molecule is NN1CC(C2CN(N)c3ccccc3O2)OCc2ccccc21. The first-order valence-electron chi connectivity index (χ1n) is 7.72. The minimum atomic E-state index is -0.171. The number of ether oxygens (including phenoxy) is 2. The Morgan fingerprint density at radius 1 is 0.826 bits per heavy atom. The maximum Gasteiger partial charge on any atom is 0.146 e. The van der Waals surface area contributed by atoms with Crippen LogP contribution in [0, 0.1) is 0 Å². The highest BCUT2D eigenvalue weighted by atomic mass is 16.5. The van der Waals surface area contributed by atoms with Crippen molar-refractivity contribution in [1.82, 2.24) is 0 Å². The molecule has 2 aliphatic rings. The van der Waals surface area contributed by atoms with Crippen LogP contribution in [0.15, 0.2) is 48.5 Å². The minimum Gasteiger partial charge on any atom is -0.483 e. The zero-order chi connectivity index (χ0) is 15.8. The van der Waals surface area contributed by atoms with Gasteiger partial charge in [0.2, 0.25) is 0 Å². The summed E-state index contributed by atoms with van der Waals surface area (Å²) in [7, 11) is 0. The highest BCUT2D eigenvalue weighted by Gasteiger charge is 2.34. The summed E-state index contributed by atoms with van der Waals surface area (Å²) in [4.78, 5) is 0. The van der Waals surface area contributed by atoms with Gasteiger partial charge in [-0.05, 0) is 18.2 Å². The van der Waals surface area contributed by atoms with E-state index in [1.807, 2.05) is 48.5 Å². The van der Waals surface area contributed by atoms with Crippen molar-refractivity contribution in [3.05, 3.63) is 54.1 Å². The highest BCUT2D eigenvalue weighted by molar-refractivity contribution is 5.59. The van der Waals surface area contributed by atoms with Crippen molar-refractivity contribution < 1.29 is 9.47 Å². The number of benzene rings is 2. The van der Waals surface area contributed by atoms with Crippen molar-refractivity contribution in [3.63, 3.8) is 0 Å². The molecule has 0 fully saturated rings. The largest absolute Gasteiger partial charge is 0.483 e. The van der Waals surface area contributed by atoms with Gasteiger partial charge in [-0.15, -0.1) is 0 Å². The fraction of sp³-hybridized carbons (Fsp3) is 0.294. The molecule has 0 aromatic heterocycles. The molecule has 2 aromatic carbocycles. The van der Waals surface area contributed by atoms with Crippen LogP contribution in [-0.2, 0) is 11.3 Å². The summed E-state index contributed by atoms with van der Waals surface area (Å²) in [6.07, 6.45) is -0.331. The fourth-order valence-corrected chi connectivity index (χ4v) is 3.16. The van der Waals surface area contributed by atoms with E-state index in [4.69, 9.17) is 21.2 Å². The summed E-state index contributed by atoms with van der Waals surface area (Å²) in [5.74, 6) is 13.2. The summed E-state index contributed by atoms with van der Waals surface area (Å²) in [5.41, 5.74) is 2.97. The van der Waals surface area contributed by atoms with Crippen LogP contribution in [0.3, 0.4) is 0 Å². The number of para-hydroxylation sites is 3. The molecule has 23 heavy (non-hydrogen) atoms. The Bertz CT molecular complexity index is 708. The molecule has 2 heterocycles. The molecule has 0 bridgehead atoms. The second kappa shape index (κ2) is 5.73. The first-order valence-corrected chi connectivity index (χ1v) is 7.72. The molecular weight excluding hydrogens is 292 g/mol. The average Bonchev–Trinajstić information content (AvgIpc) is 2.75. The van der Waals surface area contributed by atoms with E-state index in [-0.39, 0.29) is 12.2 Å². The Hall–Kier alpha value is -2.28. The van der Waals surface area contributed by atoms with Crippen molar-refractivity contribution in [3.8, 4) is 5.75 Å². The molecule has 2 unspecified atom stereocenters. The van der Waals surface area contributed by atoms with Crippen molar-refractivity contribution in [1.29, 1.82) is 0 Å². The number of anilines is 2. The second-order valence-electron chi connectivity index (χ2n) is 5.91. The topological polar surface area (TPSA) is 77.0 Å². The second-order valence-corrected chi connectivity index (χ2v) is 5.91. The first kappa shape index (κ1) is 14.3. The molecule has 2 atom stereocenters. The monoisotopic (exact) mass is 312 g/mol. The summed E-state index contributed by atoms with van der Waals surface area (Å²) < 4.78 is 12.2. The van der Waals surface area contributed by atoms with Gasteiger partial charge in [-0.3, -0.25) is 0 Å². The molecule has 0 saturated carbocycles. The van der Waals surface area contributed by atoms with Crippen LogP contribution in [-0.4, -0.2) is 25.3 Å². The van der Waals surface area contributed by atoms with Crippen molar-refractivity contribution in [2.24, 2.45) is 11.7 Å². The van der Waals surface area contributed by atoms with E-state index < -0.39 is 0 Å². The first-order chi connectivity index (χ1) is 11.2. The van der Waals surface area contributed by atoms with Gasteiger partial charge < -0.3 is 19.5 Å². The number of rotatable bonds is 1. The molecule has 0 saturated heterocycles. The van der Waals surface area contributed by atoms with Crippen LogP contribution in [0.1, 0.15) is 5.56 Å². The van der Waals surface area contributed by atoms with Crippen LogP contribution in [0.25, 0.3) is 0 Å². The third-order valence-electron chi connectivity index (χ3n) is 4.37. The molecule has 0 radical (unpaired) electrons. The quantitative estimate of drug-likeness (QED) is 0.775. The van der Waals surface area contributed by atoms with Crippen LogP contribution < -0.4 is 26.4 Å². The number of hydrogen-bond donors (Lipinski definition) is 2. The zero-order valence-electron chi connectivity index (χ0n) is 12.8. The lowest BCUT2D eigenvalue weighted by Gasteiger charge is -2.37. The summed E-state index contributed by atoms with van der Waals surface area (Å²) >= 11 is 0. The van der Waals surface area contributed by atoms with E-state index >= 15 is 0 Å². The number of nitrogens with zero attached hydrogens (tertiary/aromatic N) is 2. The van der Waals surface area contributed by atoms with Gasteiger partial charge in [-0.25, -0.2) is 11.7 Å². The predicted octanol–water partition coefficient (Wildman–Crippen LogP) is 1.41. The minimum absolute atomic E-state index is 0.160. The molecule has 2 aliphatic heterocycles. The number of hydrogen-bond acceptors (Lipinski definition) is 6. The Morgan fingerprint density at radius 2 is 1.48 bits per heavy atom. The van der Waals surface area contributed by atoms with E-state index in [0.717, 1.165) is 22.7 Å².